The van der Waals surface area contributed by atoms with E-state index in [2.05, 4.69) is 20.9 Å². The van der Waals surface area contributed by atoms with Crippen molar-refractivity contribution in [3.63, 3.8) is 0 Å². The number of methoxy groups -OCH3 is 1. The highest BCUT2D eigenvalue weighted by Crippen LogP contribution is 2.39. The molecule has 1 heterocycles. The van der Waals surface area contributed by atoms with E-state index in [0.717, 1.165) is 4.47 Å². The molecular formula is C17H21BrN2O3S. The van der Waals surface area contributed by atoms with Crippen LogP contribution in [0.2, 0.25) is 0 Å². The quantitative estimate of drug-likeness (QED) is 0.750. The zero-order chi connectivity index (χ0) is 18.0. The van der Waals surface area contributed by atoms with E-state index < -0.39 is 0 Å². The third kappa shape index (κ3) is 3.95. The lowest BCUT2D eigenvalue weighted by molar-refractivity contribution is -0.123. The Morgan fingerprint density at radius 2 is 2.00 bits per heavy atom. The third-order valence-electron chi connectivity index (χ3n) is 3.30. The smallest absolute Gasteiger partial charge is 0.266 e. The number of thioether (sulfide) groups is 1. The minimum Gasteiger partial charge on any atom is -0.504 e. The molecule has 0 unspecified atom stereocenters. The first-order valence-electron chi connectivity index (χ1n) is 7.62. The van der Waals surface area contributed by atoms with Crippen molar-refractivity contribution < 1.29 is 14.6 Å². The van der Waals surface area contributed by atoms with Gasteiger partial charge in [-0.15, -0.1) is 0 Å². The summed E-state index contributed by atoms with van der Waals surface area (Å²) in [5, 5.41) is 11.0. The van der Waals surface area contributed by atoms with Gasteiger partial charge in [-0.1, -0.05) is 15.9 Å². The largest absolute Gasteiger partial charge is 0.504 e. The lowest BCUT2D eigenvalue weighted by Gasteiger charge is -2.20. The molecule has 1 aliphatic heterocycles. The van der Waals surface area contributed by atoms with Crippen molar-refractivity contribution in [3.8, 4) is 11.5 Å². The average Bonchev–Trinajstić information content (AvgIpc) is 2.77. The lowest BCUT2D eigenvalue weighted by Crippen LogP contribution is -2.35. The molecule has 1 aromatic rings. The number of amidine groups is 1. The van der Waals surface area contributed by atoms with Crippen molar-refractivity contribution in [1.29, 1.82) is 0 Å². The maximum atomic E-state index is 12.7. The molecule has 1 aromatic carbocycles. The molecule has 130 valence electrons. The molecule has 1 saturated heterocycles. The van der Waals surface area contributed by atoms with Crippen LogP contribution in [0.5, 0.6) is 11.5 Å². The number of ether oxygens (including phenoxy) is 1. The zero-order valence-corrected chi connectivity index (χ0v) is 16.7. The molecule has 5 nitrogen and oxygen atoms in total. The van der Waals surface area contributed by atoms with Crippen LogP contribution in [0, 0.1) is 0 Å². The number of aromatic hydroxyl groups is 1. The second-order valence-corrected chi connectivity index (χ2v) is 7.86. The molecule has 24 heavy (non-hydrogen) atoms. The number of carbonyl (C=O) groups is 1. The van der Waals surface area contributed by atoms with Crippen molar-refractivity contribution in [1.82, 2.24) is 4.90 Å². The Bertz CT molecular complexity index is 714. The van der Waals surface area contributed by atoms with E-state index in [4.69, 9.17) is 4.74 Å². The Morgan fingerprint density at radius 1 is 1.33 bits per heavy atom. The maximum Gasteiger partial charge on any atom is 0.266 e. The van der Waals surface area contributed by atoms with Gasteiger partial charge in [0.2, 0.25) is 0 Å². The number of benzene rings is 1. The topological polar surface area (TPSA) is 62.1 Å². The molecule has 1 aliphatic rings. The van der Waals surface area contributed by atoms with Crippen LogP contribution in [0.3, 0.4) is 0 Å². The molecule has 0 aromatic heterocycles. The van der Waals surface area contributed by atoms with E-state index in [1.165, 1.54) is 18.9 Å². The highest BCUT2D eigenvalue weighted by molar-refractivity contribution is 9.10. The van der Waals surface area contributed by atoms with Crippen LogP contribution >= 0.6 is 27.7 Å². The fourth-order valence-corrected chi connectivity index (χ4v) is 3.93. The molecule has 1 fully saturated rings. The molecule has 1 N–H and O–H groups in total. The van der Waals surface area contributed by atoms with Crippen LogP contribution in [0.25, 0.3) is 6.08 Å². The summed E-state index contributed by atoms with van der Waals surface area (Å²) in [7, 11) is 1.49. The van der Waals surface area contributed by atoms with Gasteiger partial charge in [-0.3, -0.25) is 14.7 Å². The Morgan fingerprint density at radius 3 is 2.54 bits per heavy atom. The predicted octanol–water partition coefficient (Wildman–Crippen LogP) is 4.25. The minimum absolute atomic E-state index is 0.00643. The third-order valence-corrected chi connectivity index (χ3v) is 4.75. The number of rotatable bonds is 4. The average molecular weight is 413 g/mol. The van der Waals surface area contributed by atoms with Gasteiger partial charge in [-0.25, -0.2) is 0 Å². The van der Waals surface area contributed by atoms with Gasteiger partial charge in [0.15, 0.2) is 16.7 Å². The number of halogens is 1. The first-order chi connectivity index (χ1) is 11.2. The van der Waals surface area contributed by atoms with Crippen LogP contribution in [0.1, 0.15) is 33.3 Å². The van der Waals surface area contributed by atoms with E-state index in [1.54, 1.807) is 23.1 Å². The number of phenols is 1. The molecular weight excluding hydrogens is 392 g/mol. The van der Waals surface area contributed by atoms with Gasteiger partial charge >= 0.3 is 0 Å². The minimum atomic E-state index is -0.104. The number of hydrogen-bond donors (Lipinski definition) is 1. The lowest BCUT2D eigenvalue weighted by atomic mass is 10.1. The van der Waals surface area contributed by atoms with Gasteiger partial charge in [0, 0.05) is 22.1 Å². The summed E-state index contributed by atoms with van der Waals surface area (Å²) in [5.41, 5.74) is 0.520. The van der Waals surface area contributed by atoms with E-state index >= 15 is 0 Å². The number of hydrogen-bond acceptors (Lipinski definition) is 5. The maximum absolute atomic E-state index is 12.7. The molecule has 0 aliphatic carbocycles. The molecule has 7 heteroatoms. The Labute approximate surface area is 154 Å². The second-order valence-electron chi connectivity index (χ2n) is 5.93. The van der Waals surface area contributed by atoms with Crippen molar-refractivity contribution in [2.45, 2.75) is 39.8 Å². The summed E-state index contributed by atoms with van der Waals surface area (Å²) in [6, 6.07) is 3.53. The van der Waals surface area contributed by atoms with Gasteiger partial charge in [-0.05, 0) is 57.7 Å². The number of carbonyl (C=O) groups excluding carboxylic acids is 1. The number of nitrogens with zero attached hydrogens (tertiary/aromatic N) is 2. The summed E-state index contributed by atoms with van der Waals surface area (Å²) in [6.45, 7) is 7.86. The highest BCUT2D eigenvalue weighted by Gasteiger charge is 2.35. The number of phenolic OH excluding ortho intramolecular Hbond substituents is 1. The van der Waals surface area contributed by atoms with Crippen LogP contribution in [-0.2, 0) is 4.79 Å². The molecule has 0 atom stereocenters. The van der Waals surface area contributed by atoms with Gasteiger partial charge in [0.25, 0.3) is 5.91 Å². The summed E-state index contributed by atoms with van der Waals surface area (Å²) in [4.78, 5) is 19.5. The summed E-state index contributed by atoms with van der Waals surface area (Å²) >= 11 is 4.71. The SMILES string of the molecule is COc1cc(Br)cc(/C=C2/SC(=NC(C)C)N(C(C)C)C2=O)c1O. The Hall–Kier alpha value is -1.47. The molecule has 2 rings (SSSR count). The van der Waals surface area contributed by atoms with Crippen molar-refractivity contribution >= 4 is 44.8 Å². The van der Waals surface area contributed by atoms with Crippen LogP contribution < -0.4 is 4.74 Å². The standard InChI is InChI=1S/C17H21BrN2O3S/c1-9(2)19-17-20(10(3)4)16(22)14(24-17)7-11-6-12(18)8-13(23-5)15(11)21/h6-10,21H,1-5H3/b14-7+,19-17?. The van der Waals surface area contributed by atoms with Crippen LogP contribution in [0.4, 0.5) is 0 Å². The van der Waals surface area contributed by atoms with Gasteiger partial charge < -0.3 is 9.84 Å². The first kappa shape index (κ1) is 18.9. The summed E-state index contributed by atoms with van der Waals surface area (Å²) in [6.07, 6.45) is 1.67. The van der Waals surface area contributed by atoms with Crippen LogP contribution in [0.15, 0.2) is 26.5 Å². The number of aliphatic imine (C=N–C) groups is 1. The van der Waals surface area contributed by atoms with Crippen molar-refractivity contribution in [2.24, 2.45) is 4.99 Å². The zero-order valence-electron chi connectivity index (χ0n) is 14.3. The van der Waals surface area contributed by atoms with E-state index in [0.29, 0.717) is 21.4 Å². The van der Waals surface area contributed by atoms with E-state index in [-0.39, 0.29) is 23.7 Å². The fraction of sp³-hybridized carbons (Fsp3) is 0.412. The van der Waals surface area contributed by atoms with Crippen LogP contribution in [-0.4, -0.2) is 40.3 Å². The molecule has 0 bridgehead atoms. The first-order valence-corrected chi connectivity index (χ1v) is 9.23. The second kappa shape index (κ2) is 7.61. The summed E-state index contributed by atoms with van der Waals surface area (Å²) < 4.78 is 5.92. The Kier molecular flexibility index (Phi) is 5.98. The highest BCUT2D eigenvalue weighted by atomic mass is 79.9. The van der Waals surface area contributed by atoms with Gasteiger partial charge in [0.05, 0.1) is 12.0 Å². The molecule has 1 amide bonds. The predicted molar refractivity (Wildman–Crippen MR) is 102 cm³/mol. The number of amides is 1. The van der Waals surface area contributed by atoms with Gasteiger partial charge in [0.1, 0.15) is 0 Å². The normalized spacial score (nSPS) is 18.5. The molecule has 0 saturated carbocycles. The fourth-order valence-electron chi connectivity index (χ4n) is 2.25. The monoisotopic (exact) mass is 412 g/mol. The van der Waals surface area contributed by atoms with Crippen molar-refractivity contribution in [2.75, 3.05) is 7.11 Å². The van der Waals surface area contributed by atoms with Crippen molar-refractivity contribution in [3.05, 3.63) is 27.1 Å². The molecule has 0 spiro atoms. The Balaban J connectivity index is 2.48. The molecule has 0 radical (unpaired) electrons. The van der Waals surface area contributed by atoms with E-state index in [1.807, 2.05) is 27.7 Å². The van der Waals surface area contributed by atoms with Gasteiger partial charge in [-0.2, -0.15) is 0 Å². The van der Waals surface area contributed by atoms with E-state index in [9.17, 15) is 9.90 Å². The summed E-state index contributed by atoms with van der Waals surface area (Å²) in [5.74, 6) is 0.253.